The summed E-state index contributed by atoms with van der Waals surface area (Å²) in [5.74, 6) is 0.602. The Morgan fingerprint density at radius 3 is 2.58 bits per heavy atom. The molecule has 136 valence electrons. The Balaban J connectivity index is 2.31. The van der Waals surface area contributed by atoms with Gasteiger partial charge in [0.05, 0.1) is 6.54 Å². The number of aliphatic imine (C=N–C) groups is 1. The maximum atomic E-state index is 12.7. The molecule has 0 saturated heterocycles. The van der Waals surface area contributed by atoms with Crippen molar-refractivity contribution in [2.75, 3.05) is 20.1 Å². The number of rotatable bonds is 6. The summed E-state index contributed by atoms with van der Waals surface area (Å²) in [6, 6.07) is 0. The largest absolute Gasteiger partial charge is 0.444 e. The van der Waals surface area contributed by atoms with Gasteiger partial charge in [0.25, 0.3) is 0 Å². The quantitative estimate of drug-likeness (QED) is 0.412. The van der Waals surface area contributed by atoms with Crippen LogP contribution in [0.4, 0.5) is 13.6 Å². The fourth-order valence-electron chi connectivity index (χ4n) is 1.70. The Morgan fingerprint density at radius 1 is 1.33 bits per heavy atom. The zero-order valence-corrected chi connectivity index (χ0v) is 14.3. The molecule has 0 radical (unpaired) electrons. The molecule has 0 aromatic carbocycles. The summed E-state index contributed by atoms with van der Waals surface area (Å²) in [4.78, 5) is 19.3. The fraction of sp³-hybridized carbons (Fsp3) is 0.643. The summed E-state index contributed by atoms with van der Waals surface area (Å²) in [6.45, 7) is 3.50. The minimum Gasteiger partial charge on any atom is -0.444 e. The van der Waals surface area contributed by atoms with E-state index in [1.807, 2.05) is 0 Å². The van der Waals surface area contributed by atoms with Gasteiger partial charge < -0.3 is 20.7 Å². The molecule has 0 aliphatic heterocycles. The van der Waals surface area contributed by atoms with Gasteiger partial charge in [-0.3, -0.25) is 9.56 Å². The third kappa shape index (κ3) is 7.25. The number of amides is 1. The van der Waals surface area contributed by atoms with Gasteiger partial charge in [-0.25, -0.2) is 9.78 Å². The molecule has 0 unspecified atom stereocenters. The molecule has 0 spiro atoms. The molecule has 0 saturated carbocycles. The van der Waals surface area contributed by atoms with Gasteiger partial charge >= 0.3 is 12.6 Å². The lowest BCUT2D eigenvalue weighted by Gasteiger charge is -2.19. The number of alkyl carbamates (subject to hydrolysis) is 1. The average Bonchev–Trinajstić information content (AvgIpc) is 2.93. The molecule has 1 heterocycles. The van der Waals surface area contributed by atoms with Crippen LogP contribution in [-0.4, -0.2) is 47.3 Å². The standard InChI is InChI=1S/C14H24F2N6O2/c1-14(2,3)24-13(23)20-6-5-19-12(17-4)21-9-10-18-7-8-22(10)11(15)16/h7-8,11H,5-6,9H2,1-4H3,(H,20,23)(H2,17,19,21). The van der Waals surface area contributed by atoms with Gasteiger partial charge in [-0.1, -0.05) is 0 Å². The van der Waals surface area contributed by atoms with Gasteiger partial charge in [0, 0.05) is 32.5 Å². The van der Waals surface area contributed by atoms with Crippen molar-refractivity contribution in [1.29, 1.82) is 0 Å². The Hall–Kier alpha value is -2.39. The summed E-state index contributed by atoms with van der Waals surface area (Å²) in [7, 11) is 1.55. The summed E-state index contributed by atoms with van der Waals surface area (Å²) < 4.78 is 31.3. The first-order valence-corrected chi connectivity index (χ1v) is 7.44. The molecule has 1 aromatic rings. The monoisotopic (exact) mass is 346 g/mol. The van der Waals surface area contributed by atoms with Gasteiger partial charge in [0.1, 0.15) is 11.4 Å². The topological polar surface area (TPSA) is 92.6 Å². The van der Waals surface area contributed by atoms with Crippen molar-refractivity contribution in [2.45, 2.75) is 39.5 Å². The number of imidazole rings is 1. The number of alkyl halides is 2. The highest BCUT2D eigenvalue weighted by atomic mass is 19.3. The molecule has 8 nitrogen and oxygen atoms in total. The minimum atomic E-state index is -2.64. The molecule has 1 aromatic heterocycles. The Labute approximate surface area is 139 Å². The Bertz CT molecular complexity index is 554. The number of nitrogens with one attached hydrogen (secondary N) is 3. The maximum Gasteiger partial charge on any atom is 0.407 e. The third-order valence-corrected chi connectivity index (χ3v) is 2.68. The molecule has 1 rings (SSSR count). The van der Waals surface area contributed by atoms with Crippen molar-refractivity contribution in [1.82, 2.24) is 25.5 Å². The van der Waals surface area contributed by atoms with Gasteiger partial charge in [-0.05, 0) is 20.8 Å². The molecular formula is C14H24F2N6O2. The van der Waals surface area contributed by atoms with Gasteiger partial charge in [-0.15, -0.1) is 0 Å². The van der Waals surface area contributed by atoms with E-state index < -0.39 is 18.2 Å². The van der Waals surface area contributed by atoms with Crippen LogP contribution < -0.4 is 16.0 Å². The van der Waals surface area contributed by atoms with Crippen LogP contribution in [0.15, 0.2) is 17.4 Å². The highest BCUT2D eigenvalue weighted by molar-refractivity contribution is 5.79. The minimum absolute atomic E-state index is 0.0938. The molecule has 10 heteroatoms. The second-order valence-electron chi connectivity index (χ2n) is 5.81. The highest BCUT2D eigenvalue weighted by Crippen LogP contribution is 2.11. The number of hydrogen-bond acceptors (Lipinski definition) is 4. The number of guanidine groups is 1. The van der Waals surface area contributed by atoms with Gasteiger partial charge in [0.2, 0.25) is 0 Å². The number of nitrogens with zero attached hydrogens (tertiary/aromatic N) is 3. The van der Waals surface area contributed by atoms with Crippen LogP contribution in [0.5, 0.6) is 0 Å². The molecule has 0 atom stereocenters. The predicted octanol–water partition coefficient (Wildman–Crippen LogP) is 1.47. The van der Waals surface area contributed by atoms with Gasteiger partial charge in [0.15, 0.2) is 5.96 Å². The molecular weight excluding hydrogens is 322 g/mol. The first-order valence-electron chi connectivity index (χ1n) is 7.44. The van der Waals surface area contributed by atoms with Crippen molar-refractivity contribution in [3.63, 3.8) is 0 Å². The molecule has 0 aliphatic rings. The summed E-state index contributed by atoms with van der Waals surface area (Å²) in [5, 5.41) is 8.40. The van der Waals surface area contributed by atoms with Crippen molar-refractivity contribution in [3.8, 4) is 0 Å². The smallest absolute Gasteiger partial charge is 0.407 e. The van der Waals surface area contributed by atoms with Crippen LogP contribution in [-0.2, 0) is 11.3 Å². The van der Waals surface area contributed by atoms with Crippen LogP contribution in [0.3, 0.4) is 0 Å². The lowest BCUT2D eigenvalue weighted by molar-refractivity contribution is 0.0528. The highest BCUT2D eigenvalue weighted by Gasteiger charge is 2.15. The molecule has 0 aliphatic carbocycles. The summed E-state index contributed by atoms with van der Waals surface area (Å²) >= 11 is 0. The van der Waals surface area contributed by atoms with E-state index in [2.05, 4.69) is 25.9 Å². The van der Waals surface area contributed by atoms with Crippen molar-refractivity contribution >= 4 is 12.1 Å². The number of carbonyl (C=O) groups is 1. The Morgan fingerprint density at radius 2 is 2.00 bits per heavy atom. The van der Waals surface area contributed by atoms with Crippen molar-refractivity contribution in [2.24, 2.45) is 4.99 Å². The van der Waals surface area contributed by atoms with Crippen LogP contribution in [0.1, 0.15) is 33.1 Å². The van der Waals surface area contributed by atoms with E-state index in [1.165, 1.54) is 12.4 Å². The average molecular weight is 346 g/mol. The first kappa shape index (κ1) is 19.7. The molecule has 3 N–H and O–H groups in total. The number of carbonyl (C=O) groups excluding carboxylic acids is 1. The normalized spacial score (nSPS) is 12.2. The number of hydrogen-bond donors (Lipinski definition) is 3. The van der Waals surface area contributed by atoms with Crippen LogP contribution >= 0.6 is 0 Å². The second-order valence-corrected chi connectivity index (χ2v) is 5.81. The third-order valence-electron chi connectivity index (χ3n) is 2.68. The van der Waals surface area contributed by atoms with E-state index >= 15 is 0 Å². The fourth-order valence-corrected chi connectivity index (χ4v) is 1.70. The van der Waals surface area contributed by atoms with Crippen molar-refractivity contribution in [3.05, 3.63) is 18.2 Å². The lowest BCUT2D eigenvalue weighted by atomic mass is 10.2. The first-order chi connectivity index (χ1) is 11.2. The lowest BCUT2D eigenvalue weighted by Crippen LogP contribution is -2.42. The SMILES string of the molecule is CN=C(NCCNC(=O)OC(C)(C)C)NCc1nccn1C(F)F. The molecule has 1 amide bonds. The van der Waals surface area contributed by atoms with E-state index in [0.717, 1.165) is 4.57 Å². The Kier molecular flexibility index (Phi) is 7.40. The van der Waals surface area contributed by atoms with Crippen LogP contribution in [0, 0.1) is 0 Å². The summed E-state index contributed by atoms with van der Waals surface area (Å²) in [5.41, 5.74) is -0.554. The van der Waals surface area contributed by atoms with Crippen molar-refractivity contribution < 1.29 is 18.3 Å². The number of aromatic nitrogens is 2. The second kappa shape index (κ2) is 9.04. The zero-order chi connectivity index (χ0) is 18.2. The maximum absolute atomic E-state index is 12.7. The number of ether oxygens (including phenoxy) is 1. The van der Waals surface area contributed by atoms with Crippen LogP contribution in [0.25, 0.3) is 0 Å². The molecule has 0 bridgehead atoms. The van der Waals surface area contributed by atoms with E-state index in [9.17, 15) is 13.6 Å². The molecule has 24 heavy (non-hydrogen) atoms. The van der Waals surface area contributed by atoms with E-state index in [1.54, 1.807) is 27.8 Å². The predicted molar refractivity (Wildman–Crippen MR) is 85.9 cm³/mol. The number of halogens is 2. The molecule has 0 fully saturated rings. The summed E-state index contributed by atoms with van der Waals surface area (Å²) in [6.07, 6.45) is 2.01. The van der Waals surface area contributed by atoms with E-state index in [-0.39, 0.29) is 12.4 Å². The van der Waals surface area contributed by atoms with E-state index in [4.69, 9.17) is 4.74 Å². The van der Waals surface area contributed by atoms with Gasteiger partial charge in [-0.2, -0.15) is 8.78 Å². The zero-order valence-electron chi connectivity index (χ0n) is 14.3. The van der Waals surface area contributed by atoms with Crippen LogP contribution in [0.2, 0.25) is 0 Å². The van der Waals surface area contributed by atoms with E-state index in [0.29, 0.717) is 19.0 Å².